The molecule has 1 aromatic carbocycles. The van der Waals surface area contributed by atoms with E-state index >= 15 is 0 Å². The van der Waals surface area contributed by atoms with E-state index in [9.17, 15) is 9.59 Å². The van der Waals surface area contributed by atoms with Gasteiger partial charge in [-0.1, -0.05) is 0 Å². The van der Waals surface area contributed by atoms with Gasteiger partial charge in [-0.15, -0.1) is 12.4 Å². The molecular weight excluding hydrogens is 328 g/mol. The van der Waals surface area contributed by atoms with Crippen molar-refractivity contribution in [2.75, 3.05) is 23.7 Å². The van der Waals surface area contributed by atoms with Crippen LogP contribution in [0, 0.1) is 5.92 Å². The molecule has 1 atom stereocenters. The number of anilines is 2. The highest BCUT2D eigenvalue weighted by molar-refractivity contribution is 5.92. The molecule has 0 radical (unpaired) electrons. The van der Waals surface area contributed by atoms with Gasteiger partial charge in [-0.25, -0.2) is 4.79 Å². The van der Waals surface area contributed by atoms with Crippen LogP contribution in [0.15, 0.2) is 24.3 Å². The molecule has 1 fully saturated rings. The van der Waals surface area contributed by atoms with Crippen LogP contribution in [-0.4, -0.2) is 31.1 Å². The van der Waals surface area contributed by atoms with Crippen molar-refractivity contribution in [3.05, 3.63) is 24.3 Å². The fourth-order valence-corrected chi connectivity index (χ4v) is 2.59. The lowest BCUT2D eigenvalue weighted by molar-refractivity contribution is -0.116. The van der Waals surface area contributed by atoms with E-state index < -0.39 is 0 Å². The zero-order chi connectivity index (χ0) is 16.7. The summed E-state index contributed by atoms with van der Waals surface area (Å²) < 4.78 is 0. The first-order valence-electron chi connectivity index (χ1n) is 8.21. The highest BCUT2D eigenvalue weighted by Crippen LogP contribution is 2.17. The number of hydrogen-bond donors (Lipinski definition) is 4. The van der Waals surface area contributed by atoms with Gasteiger partial charge in [0, 0.05) is 23.8 Å². The van der Waals surface area contributed by atoms with E-state index in [-0.39, 0.29) is 30.4 Å². The minimum Gasteiger partial charge on any atom is -0.336 e. The van der Waals surface area contributed by atoms with Crippen molar-refractivity contribution in [1.29, 1.82) is 0 Å². The lowest BCUT2D eigenvalue weighted by Gasteiger charge is -2.11. The number of hydrogen-bond acceptors (Lipinski definition) is 3. The molecule has 1 aromatic rings. The Morgan fingerprint density at radius 1 is 1.17 bits per heavy atom. The Kier molecular flexibility index (Phi) is 8.57. The second kappa shape index (κ2) is 10.2. The van der Waals surface area contributed by atoms with Gasteiger partial charge >= 0.3 is 6.03 Å². The van der Waals surface area contributed by atoms with E-state index in [1.165, 1.54) is 0 Å². The molecule has 4 N–H and O–H groups in total. The second-order valence-electron chi connectivity index (χ2n) is 6.28. The second-order valence-corrected chi connectivity index (χ2v) is 6.28. The standard InChI is InChI=1S/C17H26N4O2.ClH/c1-12(2)19-17(23)21-15-6-4-14(5-7-15)20-16(22)8-3-13-9-10-18-11-13;/h4-7,12-13,18H,3,8-11H2,1-2H3,(H,20,22)(H2,19,21,23);1H. The van der Waals surface area contributed by atoms with Gasteiger partial charge in [-0.3, -0.25) is 4.79 Å². The molecule has 0 bridgehead atoms. The van der Waals surface area contributed by atoms with Crippen LogP contribution in [0.1, 0.15) is 33.1 Å². The largest absolute Gasteiger partial charge is 0.336 e. The van der Waals surface area contributed by atoms with Gasteiger partial charge in [-0.05, 0) is 70.0 Å². The van der Waals surface area contributed by atoms with Crippen LogP contribution in [0.2, 0.25) is 0 Å². The van der Waals surface area contributed by atoms with Crippen LogP contribution in [0.25, 0.3) is 0 Å². The summed E-state index contributed by atoms with van der Waals surface area (Å²) in [6.07, 6.45) is 2.63. The molecule has 0 saturated carbocycles. The Bertz CT molecular complexity index is 528. The van der Waals surface area contributed by atoms with Gasteiger partial charge in [0.15, 0.2) is 0 Å². The van der Waals surface area contributed by atoms with Crippen molar-refractivity contribution in [2.24, 2.45) is 5.92 Å². The van der Waals surface area contributed by atoms with Crippen LogP contribution in [0.3, 0.4) is 0 Å². The Labute approximate surface area is 149 Å². The Balaban J connectivity index is 0.00000288. The third kappa shape index (κ3) is 7.19. The lowest BCUT2D eigenvalue weighted by Crippen LogP contribution is -2.34. The molecule has 0 aromatic heterocycles. The number of carbonyl (C=O) groups is 2. The van der Waals surface area contributed by atoms with E-state index in [1.54, 1.807) is 24.3 Å². The lowest BCUT2D eigenvalue weighted by atomic mass is 10.0. The van der Waals surface area contributed by atoms with Crippen molar-refractivity contribution >= 4 is 35.7 Å². The van der Waals surface area contributed by atoms with Crippen LogP contribution in [0.4, 0.5) is 16.2 Å². The summed E-state index contributed by atoms with van der Waals surface area (Å²) in [6, 6.07) is 6.98. The molecule has 1 unspecified atom stereocenters. The molecule has 1 aliphatic rings. The summed E-state index contributed by atoms with van der Waals surface area (Å²) >= 11 is 0. The monoisotopic (exact) mass is 354 g/mol. The first kappa shape index (κ1) is 20.3. The third-order valence-corrected chi connectivity index (χ3v) is 3.79. The first-order chi connectivity index (χ1) is 11.0. The average Bonchev–Trinajstić information content (AvgIpc) is 3.00. The maximum atomic E-state index is 11.9. The molecule has 6 nitrogen and oxygen atoms in total. The van der Waals surface area contributed by atoms with Crippen LogP contribution < -0.4 is 21.3 Å². The molecule has 7 heteroatoms. The minimum absolute atomic E-state index is 0. The molecule has 2 rings (SSSR count). The maximum Gasteiger partial charge on any atom is 0.319 e. The first-order valence-corrected chi connectivity index (χ1v) is 8.21. The maximum absolute atomic E-state index is 11.9. The topological polar surface area (TPSA) is 82.3 Å². The number of nitrogens with one attached hydrogen (secondary N) is 4. The molecule has 3 amide bonds. The van der Waals surface area contributed by atoms with E-state index in [1.807, 2.05) is 13.8 Å². The molecule has 1 aliphatic heterocycles. The van der Waals surface area contributed by atoms with E-state index in [0.717, 1.165) is 31.6 Å². The average molecular weight is 355 g/mol. The predicted molar refractivity (Wildman–Crippen MR) is 99.8 cm³/mol. The van der Waals surface area contributed by atoms with Crippen molar-refractivity contribution in [3.8, 4) is 0 Å². The van der Waals surface area contributed by atoms with Crippen molar-refractivity contribution in [1.82, 2.24) is 10.6 Å². The number of urea groups is 1. The number of halogens is 1. The summed E-state index contributed by atoms with van der Waals surface area (Å²) in [5.41, 5.74) is 1.44. The quantitative estimate of drug-likeness (QED) is 0.634. The van der Waals surface area contributed by atoms with Crippen molar-refractivity contribution < 1.29 is 9.59 Å². The van der Waals surface area contributed by atoms with E-state index in [4.69, 9.17) is 0 Å². The van der Waals surface area contributed by atoms with Gasteiger partial charge in [0.25, 0.3) is 0 Å². The molecule has 1 saturated heterocycles. The minimum atomic E-state index is -0.234. The number of rotatable bonds is 6. The van der Waals surface area contributed by atoms with Gasteiger partial charge in [0.1, 0.15) is 0 Å². The molecule has 134 valence electrons. The Morgan fingerprint density at radius 3 is 2.33 bits per heavy atom. The highest BCUT2D eigenvalue weighted by atomic mass is 35.5. The normalized spacial score (nSPS) is 16.4. The number of carbonyl (C=O) groups excluding carboxylic acids is 2. The fourth-order valence-electron chi connectivity index (χ4n) is 2.59. The van der Waals surface area contributed by atoms with Gasteiger partial charge < -0.3 is 21.3 Å². The van der Waals surface area contributed by atoms with Crippen LogP contribution in [-0.2, 0) is 4.79 Å². The zero-order valence-electron chi connectivity index (χ0n) is 14.2. The van der Waals surface area contributed by atoms with Gasteiger partial charge in [-0.2, -0.15) is 0 Å². The Hall–Kier alpha value is -1.79. The fraction of sp³-hybridized carbons (Fsp3) is 0.529. The smallest absolute Gasteiger partial charge is 0.319 e. The molecule has 24 heavy (non-hydrogen) atoms. The van der Waals surface area contributed by atoms with Crippen molar-refractivity contribution in [3.63, 3.8) is 0 Å². The molecular formula is C17H27ClN4O2. The molecule has 1 heterocycles. The van der Waals surface area contributed by atoms with E-state index in [0.29, 0.717) is 18.0 Å². The van der Waals surface area contributed by atoms with Crippen molar-refractivity contribution in [2.45, 2.75) is 39.2 Å². The van der Waals surface area contributed by atoms with Crippen LogP contribution >= 0.6 is 12.4 Å². The summed E-state index contributed by atoms with van der Waals surface area (Å²) in [6.45, 7) is 5.89. The summed E-state index contributed by atoms with van der Waals surface area (Å²) in [5.74, 6) is 0.655. The van der Waals surface area contributed by atoms with E-state index in [2.05, 4.69) is 21.3 Å². The van der Waals surface area contributed by atoms with Gasteiger partial charge in [0.2, 0.25) is 5.91 Å². The summed E-state index contributed by atoms with van der Waals surface area (Å²) in [5, 5.41) is 11.7. The Morgan fingerprint density at radius 2 is 1.79 bits per heavy atom. The zero-order valence-corrected chi connectivity index (χ0v) is 15.0. The SMILES string of the molecule is CC(C)NC(=O)Nc1ccc(NC(=O)CCC2CCNC2)cc1.Cl. The summed E-state index contributed by atoms with van der Waals surface area (Å²) in [7, 11) is 0. The molecule has 0 aliphatic carbocycles. The van der Waals surface area contributed by atoms with Crippen LogP contribution in [0.5, 0.6) is 0 Å². The number of amides is 3. The summed E-state index contributed by atoms with van der Waals surface area (Å²) in [4.78, 5) is 23.5. The number of benzene rings is 1. The predicted octanol–water partition coefficient (Wildman–Crippen LogP) is 2.97. The third-order valence-electron chi connectivity index (χ3n) is 3.79. The molecule has 0 spiro atoms. The van der Waals surface area contributed by atoms with Gasteiger partial charge in [0.05, 0.1) is 0 Å². The highest BCUT2D eigenvalue weighted by Gasteiger charge is 2.15.